The maximum Gasteiger partial charge on any atom is 0.315 e. The number of esters is 1. The number of carbonyl (C=O) groups is 2. The highest BCUT2D eigenvalue weighted by molar-refractivity contribution is 8.00. The predicted octanol–water partition coefficient (Wildman–Crippen LogP) is 1.96. The monoisotopic (exact) mass is 228 g/mol. The van der Waals surface area contributed by atoms with Crippen molar-refractivity contribution < 1.29 is 14.3 Å². The number of thioether (sulfide) groups is 1. The summed E-state index contributed by atoms with van der Waals surface area (Å²) in [4.78, 5) is 22.4. The first-order valence-corrected chi connectivity index (χ1v) is 6.35. The molecule has 0 aromatic rings. The number of allylic oxidation sites excluding steroid dienone is 1. The lowest BCUT2D eigenvalue weighted by Crippen LogP contribution is -2.11. The smallest absolute Gasteiger partial charge is 0.315 e. The molecule has 0 aromatic heterocycles. The Balaban J connectivity index is 2.22. The molecule has 3 nitrogen and oxygen atoms in total. The van der Waals surface area contributed by atoms with Crippen LogP contribution in [-0.2, 0) is 14.3 Å². The molecular formula is C11H16O3S. The average Bonchev–Trinajstić information content (AvgIpc) is 2.21. The molecule has 0 N–H and O–H groups in total. The van der Waals surface area contributed by atoms with E-state index in [1.54, 1.807) is 6.92 Å². The lowest BCUT2D eigenvalue weighted by atomic mass is 10.00. The van der Waals surface area contributed by atoms with Crippen LogP contribution in [0, 0.1) is 0 Å². The quantitative estimate of drug-likeness (QED) is 0.675. The third kappa shape index (κ3) is 4.51. The minimum Gasteiger partial charge on any atom is -0.465 e. The Morgan fingerprint density at radius 3 is 3.07 bits per heavy atom. The summed E-state index contributed by atoms with van der Waals surface area (Å²) in [5.74, 6) is 1.000. The van der Waals surface area contributed by atoms with Gasteiger partial charge in [0.2, 0.25) is 0 Å². The normalized spacial score (nSPS) is 16.1. The molecule has 0 bridgehead atoms. The van der Waals surface area contributed by atoms with Crippen LogP contribution in [-0.4, -0.2) is 29.9 Å². The molecule has 4 heteroatoms. The SMILES string of the molecule is CCOC(=O)CSCC1=CCCCC1=O. The first kappa shape index (κ1) is 12.3. The van der Waals surface area contributed by atoms with E-state index in [2.05, 4.69) is 0 Å². The van der Waals surface area contributed by atoms with Gasteiger partial charge in [-0.15, -0.1) is 11.8 Å². The number of rotatable bonds is 5. The van der Waals surface area contributed by atoms with Crippen LogP contribution >= 0.6 is 11.8 Å². The molecule has 0 atom stereocenters. The van der Waals surface area contributed by atoms with Crippen molar-refractivity contribution in [3.8, 4) is 0 Å². The standard InChI is InChI=1S/C11H16O3S/c1-2-14-11(13)8-15-7-9-5-3-4-6-10(9)12/h5H,2-4,6-8H2,1H3. The topological polar surface area (TPSA) is 43.4 Å². The minimum atomic E-state index is -0.202. The Bertz CT molecular complexity index is 271. The van der Waals surface area contributed by atoms with Gasteiger partial charge in [0.1, 0.15) is 0 Å². The van der Waals surface area contributed by atoms with Gasteiger partial charge in [0.05, 0.1) is 12.4 Å². The van der Waals surface area contributed by atoms with Crippen LogP contribution in [0.1, 0.15) is 26.2 Å². The van der Waals surface area contributed by atoms with Crippen LogP contribution in [0.3, 0.4) is 0 Å². The molecule has 0 aromatic carbocycles. The number of ether oxygens (including phenoxy) is 1. The lowest BCUT2D eigenvalue weighted by molar-refractivity contribution is -0.139. The van der Waals surface area contributed by atoms with E-state index in [0.717, 1.165) is 18.4 Å². The Kier molecular flexibility index (Phi) is 5.47. The van der Waals surface area contributed by atoms with E-state index in [-0.39, 0.29) is 11.8 Å². The van der Waals surface area contributed by atoms with Crippen LogP contribution in [0.15, 0.2) is 11.6 Å². The molecule has 0 saturated heterocycles. The molecule has 0 unspecified atom stereocenters. The zero-order valence-corrected chi connectivity index (χ0v) is 9.77. The highest BCUT2D eigenvalue weighted by Gasteiger charge is 2.13. The minimum absolute atomic E-state index is 0.202. The average molecular weight is 228 g/mol. The number of hydrogen-bond donors (Lipinski definition) is 0. The molecule has 0 fully saturated rings. The van der Waals surface area contributed by atoms with Crippen molar-refractivity contribution in [2.24, 2.45) is 0 Å². The Morgan fingerprint density at radius 2 is 2.40 bits per heavy atom. The van der Waals surface area contributed by atoms with Gasteiger partial charge in [-0.25, -0.2) is 0 Å². The van der Waals surface area contributed by atoms with E-state index >= 15 is 0 Å². The summed E-state index contributed by atoms with van der Waals surface area (Å²) >= 11 is 1.45. The first-order chi connectivity index (χ1) is 7.24. The van der Waals surface area contributed by atoms with E-state index in [4.69, 9.17) is 4.74 Å². The zero-order chi connectivity index (χ0) is 11.1. The number of carbonyl (C=O) groups excluding carboxylic acids is 2. The van der Waals surface area contributed by atoms with E-state index in [9.17, 15) is 9.59 Å². The molecule has 0 heterocycles. The second kappa shape index (κ2) is 6.67. The number of Topliss-reactive ketones (excluding diaryl/α,β-unsaturated/α-hetero) is 1. The summed E-state index contributed by atoms with van der Waals surface area (Å²) < 4.78 is 4.79. The molecule has 0 aliphatic heterocycles. The molecule has 1 rings (SSSR count). The van der Waals surface area contributed by atoms with Gasteiger partial charge in [-0.05, 0) is 19.8 Å². The van der Waals surface area contributed by atoms with E-state index in [0.29, 0.717) is 24.5 Å². The Morgan fingerprint density at radius 1 is 1.60 bits per heavy atom. The fourth-order valence-electron chi connectivity index (χ4n) is 1.40. The van der Waals surface area contributed by atoms with Gasteiger partial charge in [-0.2, -0.15) is 0 Å². The van der Waals surface area contributed by atoms with Gasteiger partial charge in [0.25, 0.3) is 0 Å². The molecular weight excluding hydrogens is 212 g/mol. The van der Waals surface area contributed by atoms with E-state index < -0.39 is 0 Å². The molecule has 84 valence electrons. The lowest BCUT2D eigenvalue weighted by Gasteiger charge is -2.10. The van der Waals surface area contributed by atoms with Crippen molar-refractivity contribution >= 4 is 23.5 Å². The fraction of sp³-hybridized carbons (Fsp3) is 0.636. The summed E-state index contributed by atoms with van der Waals surface area (Å²) in [6.07, 6.45) is 4.60. The maximum absolute atomic E-state index is 11.4. The summed E-state index contributed by atoms with van der Waals surface area (Å²) in [6, 6.07) is 0. The van der Waals surface area contributed by atoms with Crippen LogP contribution < -0.4 is 0 Å². The van der Waals surface area contributed by atoms with Crippen LogP contribution in [0.25, 0.3) is 0 Å². The van der Waals surface area contributed by atoms with E-state index in [1.807, 2.05) is 6.08 Å². The molecule has 0 saturated carbocycles. The van der Waals surface area contributed by atoms with Crippen LogP contribution in [0.5, 0.6) is 0 Å². The second-order valence-electron chi connectivity index (χ2n) is 3.34. The summed E-state index contributed by atoms with van der Waals surface area (Å²) in [5.41, 5.74) is 0.871. The van der Waals surface area contributed by atoms with Crippen LogP contribution in [0.4, 0.5) is 0 Å². The van der Waals surface area contributed by atoms with Crippen molar-refractivity contribution in [2.45, 2.75) is 26.2 Å². The molecule has 15 heavy (non-hydrogen) atoms. The Labute approximate surface area is 94.3 Å². The first-order valence-electron chi connectivity index (χ1n) is 5.19. The molecule has 1 aliphatic carbocycles. The maximum atomic E-state index is 11.4. The van der Waals surface area contributed by atoms with Crippen molar-refractivity contribution in [1.82, 2.24) is 0 Å². The van der Waals surface area contributed by atoms with Crippen molar-refractivity contribution in [3.05, 3.63) is 11.6 Å². The molecule has 0 radical (unpaired) electrons. The van der Waals surface area contributed by atoms with Gasteiger partial charge in [-0.1, -0.05) is 6.08 Å². The third-order valence-corrected chi connectivity index (χ3v) is 3.09. The van der Waals surface area contributed by atoms with Crippen LogP contribution in [0.2, 0.25) is 0 Å². The van der Waals surface area contributed by atoms with Crippen molar-refractivity contribution in [2.75, 3.05) is 18.1 Å². The molecule has 0 spiro atoms. The van der Waals surface area contributed by atoms with Crippen molar-refractivity contribution in [3.63, 3.8) is 0 Å². The van der Waals surface area contributed by atoms with Crippen molar-refractivity contribution in [1.29, 1.82) is 0 Å². The molecule has 1 aliphatic rings. The van der Waals surface area contributed by atoms with Gasteiger partial charge >= 0.3 is 5.97 Å². The van der Waals surface area contributed by atoms with Gasteiger partial charge in [0.15, 0.2) is 5.78 Å². The third-order valence-electron chi connectivity index (χ3n) is 2.14. The fourth-order valence-corrected chi connectivity index (χ4v) is 2.25. The number of hydrogen-bond acceptors (Lipinski definition) is 4. The molecule has 0 amide bonds. The zero-order valence-electron chi connectivity index (χ0n) is 8.95. The van der Waals surface area contributed by atoms with Gasteiger partial charge in [-0.3, -0.25) is 9.59 Å². The largest absolute Gasteiger partial charge is 0.465 e. The number of ketones is 1. The van der Waals surface area contributed by atoms with E-state index in [1.165, 1.54) is 11.8 Å². The predicted molar refractivity (Wildman–Crippen MR) is 60.9 cm³/mol. The highest BCUT2D eigenvalue weighted by atomic mass is 32.2. The summed E-state index contributed by atoms with van der Waals surface area (Å²) in [7, 11) is 0. The highest BCUT2D eigenvalue weighted by Crippen LogP contribution is 2.18. The van der Waals surface area contributed by atoms with Gasteiger partial charge < -0.3 is 4.74 Å². The second-order valence-corrected chi connectivity index (χ2v) is 4.33. The Hall–Kier alpha value is -0.770. The summed E-state index contributed by atoms with van der Waals surface area (Å²) in [5, 5.41) is 0. The summed E-state index contributed by atoms with van der Waals surface area (Å²) in [6.45, 7) is 2.21. The van der Waals surface area contributed by atoms with Gasteiger partial charge in [0, 0.05) is 17.7 Å².